The van der Waals surface area contributed by atoms with Crippen LogP contribution in [0, 0.1) is 11.8 Å². The summed E-state index contributed by atoms with van der Waals surface area (Å²) in [5, 5.41) is 3.35. The van der Waals surface area contributed by atoms with E-state index in [1.165, 1.54) is 4.90 Å². The highest BCUT2D eigenvalue weighted by molar-refractivity contribution is 6.30. The molecule has 1 saturated carbocycles. The van der Waals surface area contributed by atoms with Gasteiger partial charge in [-0.25, -0.2) is 0 Å². The van der Waals surface area contributed by atoms with E-state index in [0.29, 0.717) is 16.6 Å². The van der Waals surface area contributed by atoms with Gasteiger partial charge in [0.05, 0.1) is 6.54 Å². The van der Waals surface area contributed by atoms with Crippen LogP contribution in [0.3, 0.4) is 0 Å². The maximum atomic E-state index is 11.9. The number of carbonyl (C=O) groups excluding carboxylic acids is 2. The zero-order chi connectivity index (χ0) is 14.0. The standard InChI is InChI=1S/C14H17ClN2O2/c1-9-7-12(9)14(19)17(2)8-13(18)16-11-5-3-10(15)4-6-11/h3-6,9,12H,7-8H2,1-2H3,(H,16,18)/t9-,12-/m1/s1. The molecule has 0 heterocycles. The van der Waals surface area contributed by atoms with Crippen LogP contribution < -0.4 is 5.32 Å². The number of carbonyl (C=O) groups is 2. The van der Waals surface area contributed by atoms with E-state index >= 15 is 0 Å². The van der Waals surface area contributed by atoms with Gasteiger partial charge in [0.15, 0.2) is 0 Å². The van der Waals surface area contributed by atoms with E-state index in [9.17, 15) is 9.59 Å². The first-order valence-electron chi connectivity index (χ1n) is 6.28. The van der Waals surface area contributed by atoms with Gasteiger partial charge in [-0.15, -0.1) is 0 Å². The molecule has 2 amide bonds. The Morgan fingerprint density at radius 2 is 1.95 bits per heavy atom. The zero-order valence-electron chi connectivity index (χ0n) is 11.0. The van der Waals surface area contributed by atoms with E-state index in [-0.39, 0.29) is 24.3 Å². The van der Waals surface area contributed by atoms with Gasteiger partial charge >= 0.3 is 0 Å². The quantitative estimate of drug-likeness (QED) is 0.921. The molecule has 2 rings (SSSR count). The molecular formula is C14H17ClN2O2. The van der Waals surface area contributed by atoms with Gasteiger partial charge in [0, 0.05) is 23.7 Å². The molecule has 0 radical (unpaired) electrons. The molecular weight excluding hydrogens is 264 g/mol. The van der Waals surface area contributed by atoms with Gasteiger partial charge in [0.1, 0.15) is 0 Å². The lowest BCUT2D eigenvalue weighted by molar-refractivity contribution is -0.134. The van der Waals surface area contributed by atoms with Gasteiger partial charge in [0.2, 0.25) is 11.8 Å². The fourth-order valence-corrected chi connectivity index (χ4v) is 2.10. The Kier molecular flexibility index (Phi) is 4.10. The summed E-state index contributed by atoms with van der Waals surface area (Å²) in [4.78, 5) is 25.2. The third-order valence-corrected chi connectivity index (χ3v) is 3.56. The van der Waals surface area contributed by atoms with Crippen LogP contribution in [0.5, 0.6) is 0 Å². The highest BCUT2D eigenvalue weighted by atomic mass is 35.5. The van der Waals surface area contributed by atoms with Gasteiger partial charge in [-0.05, 0) is 36.6 Å². The Morgan fingerprint density at radius 1 is 1.37 bits per heavy atom. The molecule has 19 heavy (non-hydrogen) atoms. The predicted molar refractivity (Wildman–Crippen MR) is 75.0 cm³/mol. The van der Waals surface area contributed by atoms with Gasteiger partial charge in [-0.1, -0.05) is 18.5 Å². The lowest BCUT2D eigenvalue weighted by Gasteiger charge is -2.16. The van der Waals surface area contributed by atoms with Crippen molar-refractivity contribution in [1.82, 2.24) is 4.90 Å². The van der Waals surface area contributed by atoms with Crippen molar-refractivity contribution in [3.8, 4) is 0 Å². The highest BCUT2D eigenvalue weighted by Crippen LogP contribution is 2.38. The molecule has 1 aromatic carbocycles. The number of halogens is 1. The second-order valence-electron chi connectivity index (χ2n) is 5.07. The first-order valence-corrected chi connectivity index (χ1v) is 6.65. The first kappa shape index (κ1) is 13.9. The van der Waals surface area contributed by atoms with E-state index in [2.05, 4.69) is 5.32 Å². The summed E-state index contributed by atoms with van der Waals surface area (Å²) >= 11 is 5.76. The van der Waals surface area contributed by atoms with Gasteiger partial charge in [-0.3, -0.25) is 9.59 Å². The summed E-state index contributed by atoms with van der Waals surface area (Å²) in [6, 6.07) is 6.87. The monoisotopic (exact) mass is 280 g/mol. The van der Waals surface area contributed by atoms with Crippen molar-refractivity contribution >= 4 is 29.1 Å². The Balaban J connectivity index is 1.83. The van der Waals surface area contributed by atoms with Gasteiger partial charge in [-0.2, -0.15) is 0 Å². The highest BCUT2D eigenvalue weighted by Gasteiger charge is 2.40. The molecule has 0 aromatic heterocycles. The van der Waals surface area contributed by atoms with Crippen LogP contribution in [0.25, 0.3) is 0 Å². The number of amides is 2. The Labute approximate surface area is 117 Å². The third kappa shape index (κ3) is 3.70. The molecule has 4 nitrogen and oxygen atoms in total. The zero-order valence-corrected chi connectivity index (χ0v) is 11.8. The molecule has 0 unspecified atom stereocenters. The summed E-state index contributed by atoms with van der Waals surface area (Å²) in [7, 11) is 1.66. The van der Waals surface area contributed by atoms with Crippen LogP contribution >= 0.6 is 11.6 Å². The molecule has 1 aliphatic carbocycles. The predicted octanol–water partition coefficient (Wildman–Crippen LogP) is 2.39. The number of hydrogen-bond donors (Lipinski definition) is 1. The Bertz CT molecular complexity index is 487. The number of rotatable bonds is 4. The summed E-state index contributed by atoms with van der Waals surface area (Å²) < 4.78 is 0. The SMILES string of the molecule is C[C@@H]1C[C@H]1C(=O)N(C)CC(=O)Nc1ccc(Cl)cc1. The fourth-order valence-electron chi connectivity index (χ4n) is 1.98. The van der Waals surface area contributed by atoms with Crippen LogP contribution in [-0.2, 0) is 9.59 Å². The fraction of sp³-hybridized carbons (Fsp3) is 0.429. The second kappa shape index (κ2) is 5.61. The Hall–Kier alpha value is -1.55. The minimum atomic E-state index is -0.202. The molecule has 0 aliphatic heterocycles. The Morgan fingerprint density at radius 3 is 2.47 bits per heavy atom. The number of benzene rings is 1. The number of likely N-dealkylation sites (N-methyl/N-ethyl adjacent to an activating group) is 1. The topological polar surface area (TPSA) is 49.4 Å². The molecule has 1 N–H and O–H groups in total. The van der Waals surface area contributed by atoms with Crippen LogP contribution in [0.2, 0.25) is 5.02 Å². The van der Waals surface area contributed by atoms with E-state index in [0.717, 1.165) is 6.42 Å². The van der Waals surface area contributed by atoms with E-state index in [4.69, 9.17) is 11.6 Å². The molecule has 2 atom stereocenters. The van der Waals surface area contributed by atoms with Crippen LogP contribution in [0.1, 0.15) is 13.3 Å². The lowest BCUT2D eigenvalue weighted by Crippen LogP contribution is -2.36. The number of hydrogen-bond acceptors (Lipinski definition) is 2. The van der Waals surface area contributed by atoms with Crippen LogP contribution in [0.4, 0.5) is 5.69 Å². The number of anilines is 1. The van der Waals surface area contributed by atoms with Crippen molar-refractivity contribution < 1.29 is 9.59 Å². The summed E-state index contributed by atoms with van der Waals surface area (Å²) in [5.74, 6) is 0.410. The average molecular weight is 281 g/mol. The lowest BCUT2D eigenvalue weighted by atomic mass is 10.3. The molecule has 5 heteroatoms. The minimum Gasteiger partial charge on any atom is -0.336 e. The molecule has 0 spiro atoms. The van der Waals surface area contributed by atoms with Crippen molar-refractivity contribution in [1.29, 1.82) is 0 Å². The molecule has 0 saturated heterocycles. The molecule has 1 aliphatic rings. The molecule has 0 bridgehead atoms. The first-order chi connectivity index (χ1) is 8.97. The summed E-state index contributed by atoms with van der Waals surface area (Å²) in [5.41, 5.74) is 0.676. The largest absolute Gasteiger partial charge is 0.336 e. The summed E-state index contributed by atoms with van der Waals surface area (Å²) in [6.45, 7) is 2.12. The normalized spacial score (nSPS) is 20.8. The van der Waals surface area contributed by atoms with Crippen molar-refractivity contribution in [2.75, 3.05) is 18.9 Å². The smallest absolute Gasteiger partial charge is 0.243 e. The van der Waals surface area contributed by atoms with Crippen LogP contribution in [0.15, 0.2) is 24.3 Å². The van der Waals surface area contributed by atoms with Gasteiger partial charge < -0.3 is 10.2 Å². The molecule has 102 valence electrons. The van der Waals surface area contributed by atoms with Crippen LogP contribution in [-0.4, -0.2) is 30.3 Å². The summed E-state index contributed by atoms with van der Waals surface area (Å²) in [6.07, 6.45) is 0.933. The van der Waals surface area contributed by atoms with Crippen molar-refractivity contribution in [2.45, 2.75) is 13.3 Å². The molecule has 1 aromatic rings. The van der Waals surface area contributed by atoms with Crippen molar-refractivity contribution in [3.63, 3.8) is 0 Å². The average Bonchev–Trinajstić information content (AvgIpc) is 3.08. The second-order valence-corrected chi connectivity index (χ2v) is 5.51. The van der Waals surface area contributed by atoms with Crippen molar-refractivity contribution in [2.24, 2.45) is 11.8 Å². The minimum absolute atomic E-state index is 0.0544. The maximum Gasteiger partial charge on any atom is 0.243 e. The van der Waals surface area contributed by atoms with Crippen molar-refractivity contribution in [3.05, 3.63) is 29.3 Å². The van der Waals surface area contributed by atoms with E-state index in [1.54, 1.807) is 31.3 Å². The molecule has 1 fully saturated rings. The maximum absolute atomic E-state index is 11.9. The van der Waals surface area contributed by atoms with Gasteiger partial charge in [0.25, 0.3) is 0 Å². The van der Waals surface area contributed by atoms with E-state index in [1.807, 2.05) is 6.92 Å². The third-order valence-electron chi connectivity index (χ3n) is 3.31. The number of nitrogens with one attached hydrogen (secondary N) is 1. The number of nitrogens with zero attached hydrogens (tertiary/aromatic N) is 1. The van der Waals surface area contributed by atoms with E-state index < -0.39 is 0 Å².